The van der Waals surface area contributed by atoms with Crippen LogP contribution in [0.1, 0.15) is 19.4 Å². The van der Waals surface area contributed by atoms with Crippen molar-refractivity contribution in [3.05, 3.63) is 35.7 Å². The maximum Gasteiger partial charge on any atom is 0.411 e. The van der Waals surface area contributed by atoms with Crippen molar-refractivity contribution in [3.8, 4) is 0 Å². The average Bonchev–Trinajstić information content (AvgIpc) is 2.28. The smallest absolute Gasteiger partial charge is 0.411 e. The number of amides is 1. The number of carbonyl (C=O) groups excluding carboxylic acids is 1. The minimum absolute atomic E-state index is 0.0295. The number of carboxylic acids is 1. The molecule has 0 aliphatic heterocycles. The molecule has 2 N–H and O–H groups in total. The van der Waals surface area contributed by atoms with Gasteiger partial charge in [-0.05, 0) is 37.6 Å². The van der Waals surface area contributed by atoms with Gasteiger partial charge < -0.3 is 9.84 Å². The Morgan fingerprint density at radius 3 is 2.63 bits per heavy atom. The second kappa shape index (κ2) is 6.53. The Morgan fingerprint density at radius 1 is 1.42 bits per heavy atom. The number of hydrogen-bond donors (Lipinski definition) is 2. The highest BCUT2D eigenvalue weighted by molar-refractivity contribution is 5.86. The van der Waals surface area contributed by atoms with Crippen molar-refractivity contribution in [2.24, 2.45) is 0 Å². The van der Waals surface area contributed by atoms with E-state index in [-0.39, 0.29) is 11.8 Å². The van der Waals surface area contributed by atoms with Crippen LogP contribution in [0, 0.1) is 5.82 Å². The number of nitrogens with one attached hydrogen (secondary N) is 1. The molecule has 1 rings (SSSR count). The molecule has 1 amide bonds. The van der Waals surface area contributed by atoms with E-state index in [1.807, 2.05) is 0 Å². The van der Waals surface area contributed by atoms with Gasteiger partial charge in [0.25, 0.3) is 0 Å². The van der Waals surface area contributed by atoms with E-state index in [9.17, 15) is 14.0 Å². The Bertz CT molecular complexity index is 511. The van der Waals surface area contributed by atoms with Crippen molar-refractivity contribution in [2.45, 2.75) is 20.0 Å². The summed E-state index contributed by atoms with van der Waals surface area (Å²) >= 11 is 0. The van der Waals surface area contributed by atoms with E-state index in [1.165, 1.54) is 18.2 Å². The van der Waals surface area contributed by atoms with Crippen LogP contribution in [0.25, 0.3) is 6.08 Å². The summed E-state index contributed by atoms with van der Waals surface area (Å²) in [6, 6.07) is 3.93. The minimum Gasteiger partial charge on any atom is -0.478 e. The first-order chi connectivity index (χ1) is 8.88. The Morgan fingerprint density at radius 2 is 2.11 bits per heavy atom. The molecular formula is C13H14FNO4. The van der Waals surface area contributed by atoms with Gasteiger partial charge in [0, 0.05) is 6.08 Å². The number of rotatable bonds is 4. The van der Waals surface area contributed by atoms with E-state index in [4.69, 9.17) is 9.84 Å². The molecule has 0 spiro atoms. The molecule has 0 aliphatic rings. The van der Waals surface area contributed by atoms with Crippen molar-refractivity contribution in [1.82, 2.24) is 0 Å². The monoisotopic (exact) mass is 267 g/mol. The van der Waals surface area contributed by atoms with Gasteiger partial charge in [-0.25, -0.2) is 14.0 Å². The standard InChI is InChI=1S/C13H14FNO4/c1-8(2)19-13(18)15-11-5-3-9(7-10(11)14)4-6-12(16)17/h3-8H,1-2H3,(H,15,18)(H,16,17). The van der Waals surface area contributed by atoms with E-state index in [0.29, 0.717) is 5.56 Å². The molecule has 0 saturated carbocycles. The van der Waals surface area contributed by atoms with E-state index in [0.717, 1.165) is 12.1 Å². The lowest BCUT2D eigenvalue weighted by Crippen LogP contribution is -2.18. The molecule has 0 bridgehead atoms. The molecule has 102 valence electrons. The largest absolute Gasteiger partial charge is 0.478 e. The molecule has 0 aromatic heterocycles. The number of aliphatic carboxylic acids is 1. The molecule has 1 aromatic carbocycles. The number of hydrogen-bond acceptors (Lipinski definition) is 3. The van der Waals surface area contributed by atoms with Crippen LogP contribution in [-0.4, -0.2) is 23.3 Å². The zero-order valence-corrected chi connectivity index (χ0v) is 10.5. The van der Waals surface area contributed by atoms with E-state index < -0.39 is 17.9 Å². The Kier molecular flexibility index (Phi) is 5.05. The summed E-state index contributed by atoms with van der Waals surface area (Å²) in [6.07, 6.45) is 1.10. The van der Waals surface area contributed by atoms with Crippen LogP contribution < -0.4 is 5.32 Å². The number of carbonyl (C=O) groups is 2. The van der Waals surface area contributed by atoms with E-state index in [1.54, 1.807) is 13.8 Å². The first-order valence-electron chi connectivity index (χ1n) is 5.56. The zero-order valence-electron chi connectivity index (χ0n) is 10.5. The van der Waals surface area contributed by atoms with Crippen LogP contribution in [0.15, 0.2) is 24.3 Å². The summed E-state index contributed by atoms with van der Waals surface area (Å²) in [5.41, 5.74) is 0.348. The van der Waals surface area contributed by atoms with Gasteiger partial charge in [-0.2, -0.15) is 0 Å². The first-order valence-corrected chi connectivity index (χ1v) is 5.56. The molecule has 19 heavy (non-hydrogen) atoms. The first kappa shape index (κ1) is 14.7. The number of anilines is 1. The van der Waals surface area contributed by atoms with Crippen LogP contribution in [0.2, 0.25) is 0 Å². The van der Waals surface area contributed by atoms with Crippen molar-refractivity contribution >= 4 is 23.8 Å². The summed E-state index contributed by atoms with van der Waals surface area (Å²) in [5.74, 6) is -1.80. The molecule has 0 fully saturated rings. The molecule has 0 radical (unpaired) electrons. The third-order valence-corrected chi connectivity index (χ3v) is 1.99. The average molecular weight is 267 g/mol. The second-order valence-electron chi connectivity index (χ2n) is 3.99. The summed E-state index contributed by atoms with van der Waals surface area (Å²) in [7, 11) is 0. The molecular weight excluding hydrogens is 253 g/mol. The number of carboxylic acid groups (broad SMARTS) is 1. The quantitative estimate of drug-likeness (QED) is 0.822. The van der Waals surface area contributed by atoms with Crippen molar-refractivity contribution in [1.29, 1.82) is 0 Å². The van der Waals surface area contributed by atoms with Gasteiger partial charge in [-0.3, -0.25) is 5.32 Å². The van der Waals surface area contributed by atoms with E-state index in [2.05, 4.69) is 5.32 Å². The Balaban J connectivity index is 2.77. The summed E-state index contributed by atoms with van der Waals surface area (Å²) in [5, 5.41) is 10.7. The van der Waals surface area contributed by atoms with Crippen LogP contribution in [0.3, 0.4) is 0 Å². The highest BCUT2D eigenvalue weighted by Gasteiger charge is 2.09. The van der Waals surface area contributed by atoms with Crippen LogP contribution in [-0.2, 0) is 9.53 Å². The number of ether oxygens (including phenoxy) is 1. The second-order valence-corrected chi connectivity index (χ2v) is 3.99. The molecule has 6 heteroatoms. The fourth-order valence-corrected chi connectivity index (χ4v) is 1.26. The molecule has 5 nitrogen and oxygen atoms in total. The van der Waals surface area contributed by atoms with Gasteiger partial charge in [0.1, 0.15) is 5.82 Å². The van der Waals surface area contributed by atoms with Crippen LogP contribution in [0.5, 0.6) is 0 Å². The molecule has 0 heterocycles. The van der Waals surface area contributed by atoms with Crippen molar-refractivity contribution < 1.29 is 23.8 Å². The van der Waals surface area contributed by atoms with Crippen LogP contribution in [0.4, 0.5) is 14.9 Å². The maximum absolute atomic E-state index is 13.6. The van der Waals surface area contributed by atoms with Crippen LogP contribution >= 0.6 is 0 Å². The SMILES string of the molecule is CC(C)OC(=O)Nc1ccc(C=CC(=O)O)cc1F. The number of halogens is 1. The molecule has 1 aromatic rings. The maximum atomic E-state index is 13.6. The third-order valence-electron chi connectivity index (χ3n) is 1.99. The zero-order chi connectivity index (χ0) is 14.4. The lowest BCUT2D eigenvalue weighted by atomic mass is 10.2. The van der Waals surface area contributed by atoms with Gasteiger partial charge in [-0.15, -0.1) is 0 Å². The van der Waals surface area contributed by atoms with Crippen molar-refractivity contribution in [3.63, 3.8) is 0 Å². The molecule has 0 aliphatic carbocycles. The highest BCUT2D eigenvalue weighted by atomic mass is 19.1. The lowest BCUT2D eigenvalue weighted by molar-refractivity contribution is -0.131. The third kappa shape index (κ3) is 5.20. The van der Waals surface area contributed by atoms with Gasteiger partial charge in [-0.1, -0.05) is 6.07 Å². The van der Waals surface area contributed by atoms with Gasteiger partial charge in [0.2, 0.25) is 0 Å². The van der Waals surface area contributed by atoms with E-state index >= 15 is 0 Å². The van der Waals surface area contributed by atoms with Gasteiger partial charge in [0.15, 0.2) is 0 Å². The number of benzene rings is 1. The predicted molar refractivity (Wildman–Crippen MR) is 68.3 cm³/mol. The summed E-state index contributed by atoms with van der Waals surface area (Å²) < 4.78 is 18.4. The molecule has 0 saturated heterocycles. The van der Waals surface area contributed by atoms with Gasteiger partial charge in [0.05, 0.1) is 11.8 Å². The lowest BCUT2D eigenvalue weighted by Gasteiger charge is -2.10. The predicted octanol–water partition coefficient (Wildman–Crippen LogP) is 2.88. The summed E-state index contributed by atoms with van der Waals surface area (Å²) in [6.45, 7) is 3.35. The fraction of sp³-hybridized carbons (Fsp3) is 0.231. The Hall–Kier alpha value is -2.37. The van der Waals surface area contributed by atoms with Gasteiger partial charge >= 0.3 is 12.1 Å². The normalized spacial score (nSPS) is 10.7. The fourth-order valence-electron chi connectivity index (χ4n) is 1.26. The summed E-state index contributed by atoms with van der Waals surface area (Å²) in [4.78, 5) is 21.6. The molecule has 0 atom stereocenters. The Labute approximate surface area is 109 Å². The highest BCUT2D eigenvalue weighted by Crippen LogP contribution is 2.17. The van der Waals surface area contributed by atoms with Crippen molar-refractivity contribution in [2.75, 3.05) is 5.32 Å². The molecule has 0 unspecified atom stereocenters. The minimum atomic E-state index is -1.12. The topological polar surface area (TPSA) is 75.6 Å².